The molecular formula is C23H26N2O5. The van der Waals surface area contributed by atoms with Crippen molar-refractivity contribution in [2.75, 3.05) is 23.4 Å². The van der Waals surface area contributed by atoms with E-state index < -0.39 is 23.9 Å². The minimum Gasteiger partial charge on any atom is -0.492 e. The minimum atomic E-state index is -1.00. The van der Waals surface area contributed by atoms with Crippen LogP contribution in [0.4, 0.5) is 11.4 Å². The lowest BCUT2D eigenvalue weighted by molar-refractivity contribution is -0.157. The van der Waals surface area contributed by atoms with Crippen molar-refractivity contribution >= 4 is 29.2 Å². The van der Waals surface area contributed by atoms with Crippen molar-refractivity contribution in [1.82, 2.24) is 0 Å². The second-order valence-corrected chi connectivity index (χ2v) is 7.24. The largest absolute Gasteiger partial charge is 0.492 e. The van der Waals surface area contributed by atoms with Crippen molar-refractivity contribution in [2.24, 2.45) is 5.92 Å². The quantitative estimate of drug-likeness (QED) is 0.708. The second-order valence-electron chi connectivity index (χ2n) is 7.24. The van der Waals surface area contributed by atoms with Crippen LogP contribution in [0.3, 0.4) is 0 Å². The van der Waals surface area contributed by atoms with Crippen LogP contribution >= 0.6 is 0 Å². The van der Waals surface area contributed by atoms with Gasteiger partial charge in [-0.15, -0.1) is 0 Å². The van der Waals surface area contributed by atoms with E-state index in [4.69, 9.17) is 9.47 Å². The van der Waals surface area contributed by atoms with Crippen molar-refractivity contribution in [1.29, 1.82) is 0 Å². The van der Waals surface area contributed by atoms with Gasteiger partial charge in [0.25, 0.3) is 5.91 Å². The highest BCUT2D eigenvalue weighted by Crippen LogP contribution is 2.27. The Bertz CT molecular complexity index is 925. The molecule has 1 aliphatic heterocycles. The summed E-state index contributed by atoms with van der Waals surface area (Å²) in [5, 5.41) is 2.72. The van der Waals surface area contributed by atoms with Gasteiger partial charge in [0.05, 0.1) is 18.2 Å². The van der Waals surface area contributed by atoms with Crippen LogP contribution in [-0.2, 0) is 19.1 Å². The van der Waals surface area contributed by atoms with Gasteiger partial charge < -0.3 is 19.7 Å². The zero-order chi connectivity index (χ0) is 21.7. The Hall–Kier alpha value is -3.35. The molecule has 3 rings (SSSR count). The highest BCUT2D eigenvalue weighted by Gasteiger charge is 2.37. The molecule has 30 heavy (non-hydrogen) atoms. The number of nitrogens with zero attached hydrogens (tertiary/aromatic N) is 1. The molecule has 2 aromatic rings. The number of aryl methyl sites for hydroxylation is 1. The average molecular weight is 410 g/mol. The van der Waals surface area contributed by atoms with Gasteiger partial charge in [0.15, 0.2) is 6.10 Å². The number of rotatable bonds is 7. The number of hydrogen-bond donors (Lipinski definition) is 1. The molecule has 2 amide bonds. The van der Waals surface area contributed by atoms with Crippen LogP contribution in [0.2, 0.25) is 0 Å². The Balaban J connectivity index is 1.58. The van der Waals surface area contributed by atoms with Gasteiger partial charge in [-0.2, -0.15) is 0 Å². The van der Waals surface area contributed by atoms with Crippen LogP contribution in [0.15, 0.2) is 48.5 Å². The normalized spacial score (nSPS) is 16.8. The number of carbonyl (C=O) groups excluding carboxylic acids is 3. The summed E-state index contributed by atoms with van der Waals surface area (Å²) in [6.45, 7) is 6.03. The maximum Gasteiger partial charge on any atom is 0.312 e. The highest BCUT2D eigenvalue weighted by molar-refractivity contribution is 6.00. The third-order valence-electron chi connectivity index (χ3n) is 4.91. The fourth-order valence-electron chi connectivity index (χ4n) is 3.25. The molecule has 1 aliphatic rings. The van der Waals surface area contributed by atoms with E-state index >= 15 is 0 Å². The predicted octanol–water partition coefficient (Wildman–Crippen LogP) is 3.32. The number of nitrogens with one attached hydrogen (secondary N) is 1. The van der Waals surface area contributed by atoms with Crippen LogP contribution in [-0.4, -0.2) is 37.0 Å². The topological polar surface area (TPSA) is 84.9 Å². The van der Waals surface area contributed by atoms with Gasteiger partial charge in [0, 0.05) is 18.7 Å². The lowest BCUT2D eigenvalue weighted by Gasteiger charge is -2.18. The van der Waals surface area contributed by atoms with E-state index in [-0.39, 0.29) is 18.9 Å². The molecule has 1 fully saturated rings. The highest BCUT2D eigenvalue weighted by atomic mass is 16.5. The summed E-state index contributed by atoms with van der Waals surface area (Å²) in [5.41, 5.74) is 2.35. The minimum absolute atomic E-state index is 0.0637. The molecule has 0 aliphatic carbocycles. The van der Waals surface area contributed by atoms with Crippen LogP contribution in [0.25, 0.3) is 0 Å². The lowest BCUT2D eigenvalue weighted by Crippen LogP contribution is -2.33. The molecule has 7 nitrogen and oxygen atoms in total. The average Bonchev–Trinajstić information content (AvgIpc) is 3.12. The summed E-state index contributed by atoms with van der Waals surface area (Å²) in [4.78, 5) is 39.0. The first-order valence-electron chi connectivity index (χ1n) is 9.99. The Morgan fingerprint density at radius 3 is 2.57 bits per heavy atom. The van der Waals surface area contributed by atoms with Crippen molar-refractivity contribution in [2.45, 2.75) is 33.3 Å². The van der Waals surface area contributed by atoms with Gasteiger partial charge in [-0.25, -0.2) is 0 Å². The number of amides is 2. The smallest absolute Gasteiger partial charge is 0.312 e. The number of ether oxygens (including phenoxy) is 2. The van der Waals surface area contributed by atoms with E-state index in [1.807, 2.05) is 38.1 Å². The molecule has 2 aromatic carbocycles. The van der Waals surface area contributed by atoms with Crippen molar-refractivity contribution in [3.05, 3.63) is 54.1 Å². The number of anilines is 2. The molecular weight excluding hydrogens is 384 g/mol. The molecule has 2 atom stereocenters. The number of para-hydroxylation sites is 2. The van der Waals surface area contributed by atoms with E-state index in [0.717, 1.165) is 11.3 Å². The molecule has 158 valence electrons. The Labute approximate surface area is 176 Å². The molecule has 7 heteroatoms. The fourth-order valence-corrected chi connectivity index (χ4v) is 3.25. The fraction of sp³-hybridized carbons (Fsp3) is 0.348. The summed E-state index contributed by atoms with van der Waals surface area (Å²) < 4.78 is 10.8. The summed E-state index contributed by atoms with van der Waals surface area (Å²) in [6.07, 6.45) is -0.940. The summed E-state index contributed by atoms with van der Waals surface area (Å²) in [6, 6.07) is 14.6. The summed E-state index contributed by atoms with van der Waals surface area (Å²) in [7, 11) is 0. The van der Waals surface area contributed by atoms with Gasteiger partial charge in [-0.3, -0.25) is 14.4 Å². The van der Waals surface area contributed by atoms with Crippen molar-refractivity contribution in [3.8, 4) is 5.75 Å². The number of hydrogen-bond acceptors (Lipinski definition) is 5. The summed E-state index contributed by atoms with van der Waals surface area (Å²) >= 11 is 0. The maximum atomic E-state index is 12.6. The Morgan fingerprint density at radius 2 is 1.87 bits per heavy atom. The zero-order valence-electron chi connectivity index (χ0n) is 17.4. The first kappa shape index (κ1) is 21.4. The second kappa shape index (κ2) is 9.43. The van der Waals surface area contributed by atoms with E-state index in [0.29, 0.717) is 18.0 Å². The standard InChI is InChI=1S/C23H26N2O5/c1-4-29-20-8-6-5-7-19(20)24-22(27)16(3)30-23(28)17-13-21(26)25(14-17)18-11-9-15(2)10-12-18/h5-12,16-17H,4,13-14H2,1-3H3,(H,24,27). The van der Waals surface area contributed by atoms with Crippen LogP contribution < -0.4 is 15.0 Å². The first-order chi connectivity index (χ1) is 14.4. The molecule has 1 saturated heterocycles. The van der Waals surface area contributed by atoms with Crippen LogP contribution in [0.5, 0.6) is 5.75 Å². The van der Waals surface area contributed by atoms with Gasteiger partial charge in [0.1, 0.15) is 5.75 Å². The Morgan fingerprint density at radius 1 is 1.17 bits per heavy atom. The predicted molar refractivity (Wildman–Crippen MR) is 113 cm³/mol. The maximum absolute atomic E-state index is 12.6. The molecule has 1 heterocycles. The van der Waals surface area contributed by atoms with Crippen LogP contribution in [0, 0.1) is 12.8 Å². The number of benzene rings is 2. The number of esters is 1. The van der Waals surface area contributed by atoms with E-state index in [2.05, 4.69) is 5.32 Å². The monoisotopic (exact) mass is 410 g/mol. The molecule has 0 bridgehead atoms. The SMILES string of the molecule is CCOc1ccccc1NC(=O)C(C)OC(=O)C1CC(=O)N(c2ccc(C)cc2)C1. The van der Waals surface area contributed by atoms with Gasteiger partial charge >= 0.3 is 5.97 Å². The molecule has 0 saturated carbocycles. The van der Waals surface area contributed by atoms with E-state index in [1.54, 1.807) is 29.2 Å². The summed E-state index contributed by atoms with van der Waals surface area (Å²) in [5.74, 6) is -1.22. The van der Waals surface area contributed by atoms with Crippen molar-refractivity contribution < 1.29 is 23.9 Å². The Kier molecular flexibility index (Phi) is 6.72. The molecule has 0 radical (unpaired) electrons. The van der Waals surface area contributed by atoms with Gasteiger partial charge in [-0.1, -0.05) is 29.8 Å². The van der Waals surface area contributed by atoms with Crippen LogP contribution in [0.1, 0.15) is 25.8 Å². The third kappa shape index (κ3) is 4.97. The number of carbonyl (C=O) groups is 3. The molecule has 1 N–H and O–H groups in total. The molecule has 0 aromatic heterocycles. The molecule has 0 spiro atoms. The van der Waals surface area contributed by atoms with E-state index in [9.17, 15) is 14.4 Å². The van der Waals surface area contributed by atoms with Gasteiger partial charge in [0.2, 0.25) is 5.91 Å². The zero-order valence-corrected chi connectivity index (χ0v) is 17.4. The van der Waals surface area contributed by atoms with Gasteiger partial charge in [-0.05, 0) is 45.0 Å². The molecule has 2 unspecified atom stereocenters. The third-order valence-corrected chi connectivity index (χ3v) is 4.91. The lowest BCUT2D eigenvalue weighted by atomic mass is 10.1. The van der Waals surface area contributed by atoms with E-state index in [1.165, 1.54) is 6.92 Å². The first-order valence-corrected chi connectivity index (χ1v) is 9.99. The van der Waals surface area contributed by atoms with Crippen molar-refractivity contribution in [3.63, 3.8) is 0 Å².